The van der Waals surface area contributed by atoms with Gasteiger partial charge in [-0.15, -0.1) is 16.7 Å². The molecule has 1 aromatic carbocycles. The van der Waals surface area contributed by atoms with Crippen LogP contribution in [0, 0.1) is 0 Å². The zero-order valence-corrected chi connectivity index (χ0v) is 12.6. The summed E-state index contributed by atoms with van der Waals surface area (Å²) in [7, 11) is 0. The van der Waals surface area contributed by atoms with Crippen molar-refractivity contribution in [1.82, 2.24) is 14.8 Å². The molecule has 1 heterocycles. The van der Waals surface area contributed by atoms with Crippen LogP contribution < -0.4 is 4.74 Å². The third-order valence-corrected chi connectivity index (χ3v) is 3.87. The normalized spacial score (nSPS) is 24.6. The molecule has 112 valence electrons. The second kappa shape index (κ2) is 6.45. The average molecular weight is 308 g/mol. The van der Waals surface area contributed by atoms with Crippen molar-refractivity contribution in [2.24, 2.45) is 0 Å². The third kappa shape index (κ3) is 3.19. The molecule has 0 radical (unpaired) electrons. The summed E-state index contributed by atoms with van der Waals surface area (Å²) >= 11 is 6.16. The third-order valence-electron chi connectivity index (χ3n) is 3.44. The standard InChI is InChI=1S/C15H18ClN3O2/c1-2-8-20-14-12(16)9-13(14)21-15-17-10-19(18-15)11-6-4-3-5-7-11/h3-7,10,12-14H,2,8-9H2,1H3. The molecule has 5 nitrogen and oxygen atoms in total. The number of ether oxygens (including phenoxy) is 2. The van der Waals surface area contributed by atoms with Crippen LogP contribution in [-0.4, -0.2) is 39.0 Å². The highest BCUT2D eigenvalue weighted by Crippen LogP contribution is 2.32. The molecular weight excluding hydrogens is 290 g/mol. The molecule has 0 bridgehead atoms. The first-order chi connectivity index (χ1) is 10.3. The largest absolute Gasteiger partial charge is 0.456 e. The monoisotopic (exact) mass is 307 g/mol. The maximum atomic E-state index is 6.16. The SMILES string of the molecule is CCCOC1C(Cl)CC1Oc1ncn(-c2ccccc2)n1. The van der Waals surface area contributed by atoms with Gasteiger partial charge < -0.3 is 9.47 Å². The van der Waals surface area contributed by atoms with E-state index in [0.717, 1.165) is 18.5 Å². The van der Waals surface area contributed by atoms with Crippen LogP contribution in [-0.2, 0) is 4.74 Å². The first-order valence-electron chi connectivity index (χ1n) is 7.17. The molecule has 1 fully saturated rings. The van der Waals surface area contributed by atoms with E-state index in [9.17, 15) is 0 Å². The predicted octanol–water partition coefficient (Wildman–Crippen LogP) is 2.82. The number of para-hydroxylation sites is 1. The Morgan fingerprint density at radius 2 is 2.14 bits per heavy atom. The Balaban J connectivity index is 1.62. The van der Waals surface area contributed by atoms with E-state index in [1.54, 1.807) is 11.0 Å². The molecule has 1 aromatic heterocycles. The molecule has 0 N–H and O–H groups in total. The highest BCUT2D eigenvalue weighted by Gasteiger charge is 2.43. The number of alkyl halides is 1. The fraction of sp³-hybridized carbons (Fsp3) is 0.467. The molecule has 3 atom stereocenters. The van der Waals surface area contributed by atoms with Crippen molar-refractivity contribution in [1.29, 1.82) is 0 Å². The molecular formula is C15H18ClN3O2. The van der Waals surface area contributed by atoms with Crippen LogP contribution in [0.4, 0.5) is 0 Å². The summed E-state index contributed by atoms with van der Waals surface area (Å²) in [6.45, 7) is 2.76. The number of rotatable bonds is 6. The molecule has 0 saturated heterocycles. The van der Waals surface area contributed by atoms with E-state index in [1.165, 1.54) is 0 Å². The van der Waals surface area contributed by atoms with Crippen molar-refractivity contribution in [3.63, 3.8) is 0 Å². The Kier molecular flexibility index (Phi) is 4.41. The van der Waals surface area contributed by atoms with Crippen LogP contribution in [0.3, 0.4) is 0 Å². The van der Waals surface area contributed by atoms with E-state index in [2.05, 4.69) is 17.0 Å². The summed E-state index contributed by atoms with van der Waals surface area (Å²) in [5, 5.41) is 4.34. The lowest BCUT2D eigenvalue weighted by Crippen LogP contribution is -2.52. The molecule has 1 aliphatic carbocycles. The van der Waals surface area contributed by atoms with Crippen molar-refractivity contribution < 1.29 is 9.47 Å². The molecule has 1 saturated carbocycles. The second-order valence-corrected chi connectivity index (χ2v) is 5.61. The summed E-state index contributed by atoms with van der Waals surface area (Å²) in [6, 6.07) is 10.2. The van der Waals surface area contributed by atoms with Crippen LogP contribution in [0.15, 0.2) is 36.7 Å². The van der Waals surface area contributed by atoms with Gasteiger partial charge in [0.25, 0.3) is 0 Å². The maximum absolute atomic E-state index is 6.16. The lowest BCUT2D eigenvalue weighted by Gasteiger charge is -2.39. The van der Waals surface area contributed by atoms with Crippen molar-refractivity contribution in [3.8, 4) is 11.7 Å². The number of aromatic nitrogens is 3. The summed E-state index contributed by atoms with van der Waals surface area (Å²) < 4.78 is 13.2. The van der Waals surface area contributed by atoms with Gasteiger partial charge >= 0.3 is 6.01 Å². The first-order valence-corrected chi connectivity index (χ1v) is 7.61. The zero-order chi connectivity index (χ0) is 14.7. The lowest BCUT2D eigenvalue weighted by molar-refractivity contribution is -0.0826. The van der Waals surface area contributed by atoms with Gasteiger partial charge in [-0.3, -0.25) is 0 Å². The quantitative estimate of drug-likeness (QED) is 0.770. The van der Waals surface area contributed by atoms with E-state index in [4.69, 9.17) is 21.1 Å². The summed E-state index contributed by atoms with van der Waals surface area (Å²) in [6.07, 6.45) is 3.23. The summed E-state index contributed by atoms with van der Waals surface area (Å²) in [5.41, 5.74) is 0.947. The van der Waals surface area contributed by atoms with Crippen LogP contribution in [0.1, 0.15) is 19.8 Å². The van der Waals surface area contributed by atoms with Gasteiger partial charge in [0.2, 0.25) is 0 Å². The summed E-state index contributed by atoms with van der Waals surface area (Å²) in [4.78, 5) is 4.19. The van der Waals surface area contributed by atoms with Gasteiger partial charge in [0, 0.05) is 13.0 Å². The van der Waals surface area contributed by atoms with Crippen LogP contribution in [0.25, 0.3) is 5.69 Å². The molecule has 0 spiro atoms. The van der Waals surface area contributed by atoms with Gasteiger partial charge in [-0.25, -0.2) is 4.68 Å². The minimum atomic E-state index is -0.0738. The number of benzene rings is 1. The minimum Gasteiger partial charge on any atom is -0.456 e. The molecule has 1 aliphatic rings. The van der Waals surface area contributed by atoms with E-state index in [1.807, 2.05) is 30.3 Å². The van der Waals surface area contributed by atoms with Crippen molar-refractivity contribution in [2.75, 3.05) is 6.61 Å². The Morgan fingerprint density at radius 3 is 2.86 bits per heavy atom. The smallest absolute Gasteiger partial charge is 0.336 e. The van der Waals surface area contributed by atoms with Gasteiger partial charge in [-0.2, -0.15) is 4.98 Å². The Labute approximate surface area is 128 Å². The molecule has 6 heteroatoms. The van der Waals surface area contributed by atoms with E-state index < -0.39 is 0 Å². The topological polar surface area (TPSA) is 49.2 Å². The number of nitrogens with zero attached hydrogens (tertiary/aromatic N) is 3. The number of hydrogen-bond donors (Lipinski definition) is 0. The maximum Gasteiger partial charge on any atom is 0.336 e. The zero-order valence-electron chi connectivity index (χ0n) is 11.9. The number of halogens is 1. The average Bonchev–Trinajstić information content (AvgIpc) is 2.97. The van der Waals surface area contributed by atoms with E-state index in [-0.39, 0.29) is 17.6 Å². The molecule has 3 rings (SSSR count). The highest BCUT2D eigenvalue weighted by molar-refractivity contribution is 6.21. The van der Waals surface area contributed by atoms with Crippen LogP contribution in [0.2, 0.25) is 0 Å². The molecule has 2 aromatic rings. The Morgan fingerprint density at radius 1 is 1.33 bits per heavy atom. The predicted molar refractivity (Wildman–Crippen MR) is 80.1 cm³/mol. The fourth-order valence-electron chi connectivity index (χ4n) is 2.25. The molecule has 21 heavy (non-hydrogen) atoms. The van der Waals surface area contributed by atoms with Gasteiger partial charge in [-0.1, -0.05) is 25.1 Å². The van der Waals surface area contributed by atoms with Gasteiger partial charge in [0.05, 0.1) is 11.1 Å². The van der Waals surface area contributed by atoms with Gasteiger partial charge in [-0.05, 0) is 18.6 Å². The van der Waals surface area contributed by atoms with Crippen LogP contribution >= 0.6 is 11.6 Å². The van der Waals surface area contributed by atoms with Crippen molar-refractivity contribution >= 4 is 11.6 Å². The molecule has 3 unspecified atom stereocenters. The Hall–Kier alpha value is -1.59. The first kappa shape index (κ1) is 14.4. The molecule has 0 aliphatic heterocycles. The Bertz CT molecular complexity index is 575. The minimum absolute atomic E-state index is 0.0118. The van der Waals surface area contributed by atoms with Crippen LogP contribution in [0.5, 0.6) is 6.01 Å². The van der Waals surface area contributed by atoms with E-state index in [0.29, 0.717) is 12.6 Å². The van der Waals surface area contributed by atoms with Crippen molar-refractivity contribution in [2.45, 2.75) is 37.4 Å². The van der Waals surface area contributed by atoms with E-state index >= 15 is 0 Å². The van der Waals surface area contributed by atoms with Gasteiger partial charge in [0.1, 0.15) is 18.5 Å². The highest BCUT2D eigenvalue weighted by atomic mass is 35.5. The number of hydrogen-bond acceptors (Lipinski definition) is 4. The molecule has 0 amide bonds. The second-order valence-electron chi connectivity index (χ2n) is 5.05. The summed E-state index contributed by atoms with van der Waals surface area (Å²) in [5.74, 6) is 0. The van der Waals surface area contributed by atoms with Gasteiger partial charge in [0.15, 0.2) is 0 Å². The lowest BCUT2D eigenvalue weighted by atomic mass is 9.91. The fourth-order valence-corrected chi connectivity index (χ4v) is 2.66. The van der Waals surface area contributed by atoms with Crippen molar-refractivity contribution in [3.05, 3.63) is 36.7 Å².